The molecule has 0 aliphatic carbocycles. The Kier molecular flexibility index (Phi) is 5.80. The van der Waals surface area contributed by atoms with Gasteiger partial charge in [-0.3, -0.25) is 19.6 Å². The van der Waals surface area contributed by atoms with E-state index in [1.54, 1.807) is 6.20 Å². The number of aryl methyl sites for hydroxylation is 1. The topological polar surface area (TPSA) is 48.5 Å². The van der Waals surface area contributed by atoms with Crippen LogP contribution in [0.5, 0.6) is 0 Å². The van der Waals surface area contributed by atoms with Crippen molar-refractivity contribution in [3.05, 3.63) is 52.0 Å². The van der Waals surface area contributed by atoms with E-state index in [1.807, 2.05) is 29.5 Å². The molecule has 2 aromatic heterocycles. The third kappa shape index (κ3) is 4.45. The lowest BCUT2D eigenvalue weighted by molar-refractivity contribution is -0.125. The number of hydrogen-bond donors (Lipinski definition) is 1. The van der Waals surface area contributed by atoms with E-state index in [2.05, 4.69) is 46.2 Å². The van der Waals surface area contributed by atoms with Gasteiger partial charge >= 0.3 is 0 Å². The van der Waals surface area contributed by atoms with Crippen molar-refractivity contribution in [1.29, 1.82) is 0 Å². The maximum Gasteiger partial charge on any atom is 0.237 e. The van der Waals surface area contributed by atoms with Crippen molar-refractivity contribution in [2.75, 3.05) is 26.7 Å². The van der Waals surface area contributed by atoms with Gasteiger partial charge in [0, 0.05) is 29.0 Å². The monoisotopic (exact) mass is 398 g/mol. The number of nitrogens with zero attached hydrogens (tertiary/aromatic N) is 3. The van der Waals surface area contributed by atoms with Gasteiger partial charge in [-0.1, -0.05) is 6.07 Å². The highest BCUT2D eigenvalue weighted by molar-refractivity contribution is 7.11. The second-order valence-electron chi connectivity index (χ2n) is 8.46. The summed E-state index contributed by atoms with van der Waals surface area (Å²) < 4.78 is 0. The third-order valence-electron chi connectivity index (χ3n) is 6.31. The number of carbonyl (C=O) groups excluding carboxylic acids is 1. The fourth-order valence-electron chi connectivity index (χ4n) is 4.70. The number of aromatic nitrogens is 1. The first-order valence-electron chi connectivity index (χ1n) is 10.2. The van der Waals surface area contributed by atoms with E-state index < -0.39 is 0 Å². The fourth-order valence-corrected chi connectivity index (χ4v) is 5.63. The van der Waals surface area contributed by atoms with E-state index >= 15 is 0 Å². The molecule has 1 N–H and O–H groups in total. The number of hydrogen-bond acceptors (Lipinski definition) is 5. The lowest BCUT2D eigenvalue weighted by Gasteiger charge is -2.39. The van der Waals surface area contributed by atoms with Gasteiger partial charge in [-0.15, -0.1) is 11.3 Å². The lowest BCUT2D eigenvalue weighted by Crippen LogP contribution is -2.41. The second kappa shape index (κ2) is 8.31. The largest absolute Gasteiger partial charge is 0.349 e. The predicted molar refractivity (Wildman–Crippen MR) is 113 cm³/mol. The molecule has 0 radical (unpaired) electrons. The summed E-state index contributed by atoms with van der Waals surface area (Å²) in [7, 11) is 2.10. The first-order valence-corrected chi connectivity index (χ1v) is 11.0. The number of likely N-dealkylation sites (N-methyl/N-ethyl adjacent to an activating group) is 1. The highest BCUT2D eigenvalue weighted by atomic mass is 32.1. The van der Waals surface area contributed by atoms with Gasteiger partial charge in [0.05, 0.1) is 18.3 Å². The van der Waals surface area contributed by atoms with E-state index in [1.165, 1.54) is 22.6 Å². The Morgan fingerprint density at radius 3 is 2.79 bits per heavy atom. The molecule has 0 bridgehead atoms. The smallest absolute Gasteiger partial charge is 0.237 e. The van der Waals surface area contributed by atoms with Crippen molar-refractivity contribution in [1.82, 2.24) is 20.1 Å². The molecular weight excluding hydrogens is 368 g/mol. The Bertz CT molecular complexity index is 798. The molecule has 2 fully saturated rings. The molecule has 1 amide bonds. The zero-order valence-electron chi connectivity index (χ0n) is 16.9. The van der Waals surface area contributed by atoms with Crippen LogP contribution in [-0.4, -0.2) is 53.4 Å². The van der Waals surface area contributed by atoms with E-state index in [4.69, 9.17) is 0 Å². The van der Waals surface area contributed by atoms with Crippen LogP contribution in [0.2, 0.25) is 0 Å². The van der Waals surface area contributed by atoms with Crippen LogP contribution in [0.15, 0.2) is 36.5 Å². The number of rotatable bonds is 5. The zero-order valence-corrected chi connectivity index (χ0v) is 17.7. The minimum Gasteiger partial charge on any atom is -0.349 e. The summed E-state index contributed by atoms with van der Waals surface area (Å²) in [6, 6.07) is 10.3. The van der Waals surface area contributed by atoms with Crippen LogP contribution in [0.1, 0.15) is 34.7 Å². The number of piperidine rings is 1. The van der Waals surface area contributed by atoms with Crippen molar-refractivity contribution in [2.45, 2.75) is 45.3 Å². The maximum atomic E-state index is 12.8. The number of nitrogens with one attached hydrogen (secondary N) is 1. The molecule has 1 atom stereocenters. The van der Waals surface area contributed by atoms with Crippen molar-refractivity contribution in [3.8, 4) is 0 Å². The van der Waals surface area contributed by atoms with Crippen LogP contribution in [0.3, 0.4) is 0 Å². The minimum absolute atomic E-state index is 0.0183. The molecule has 150 valence electrons. The van der Waals surface area contributed by atoms with Gasteiger partial charge in [0.25, 0.3) is 0 Å². The molecule has 28 heavy (non-hydrogen) atoms. The van der Waals surface area contributed by atoms with E-state index in [0.29, 0.717) is 12.0 Å². The number of thiophene rings is 1. The Morgan fingerprint density at radius 2 is 2.11 bits per heavy atom. The molecule has 2 saturated heterocycles. The molecule has 4 rings (SSSR count). The van der Waals surface area contributed by atoms with E-state index in [9.17, 15) is 4.79 Å². The van der Waals surface area contributed by atoms with Crippen molar-refractivity contribution >= 4 is 17.2 Å². The number of carbonyl (C=O) groups is 1. The summed E-state index contributed by atoms with van der Waals surface area (Å²) in [4.78, 5) is 24.7. The Morgan fingerprint density at radius 1 is 1.29 bits per heavy atom. The van der Waals surface area contributed by atoms with Gasteiger partial charge in [0.1, 0.15) is 0 Å². The highest BCUT2D eigenvalue weighted by Crippen LogP contribution is 2.43. The van der Waals surface area contributed by atoms with Crippen LogP contribution in [0.4, 0.5) is 0 Å². The summed E-state index contributed by atoms with van der Waals surface area (Å²) in [5, 5.41) is 3.08. The van der Waals surface area contributed by atoms with E-state index in [-0.39, 0.29) is 11.9 Å². The average molecular weight is 399 g/mol. The first-order chi connectivity index (χ1) is 13.5. The van der Waals surface area contributed by atoms with Gasteiger partial charge in [0.15, 0.2) is 0 Å². The Balaban J connectivity index is 1.29. The molecule has 2 aliphatic heterocycles. The van der Waals surface area contributed by atoms with Gasteiger partial charge < -0.3 is 5.32 Å². The summed E-state index contributed by atoms with van der Waals surface area (Å²) in [5.74, 6) is 0.140. The summed E-state index contributed by atoms with van der Waals surface area (Å²) in [5.41, 5.74) is 1.20. The Labute approximate surface area is 171 Å². The van der Waals surface area contributed by atoms with Gasteiger partial charge in [-0.2, -0.15) is 0 Å². The minimum atomic E-state index is -0.0183. The molecule has 6 heteroatoms. The van der Waals surface area contributed by atoms with Gasteiger partial charge in [0.2, 0.25) is 5.91 Å². The van der Waals surface area contributed by atoms with Crippen LogP contribution in [0.25, 0.3) is 0 Å². The number of amides is 1. The zero-order chi connectivity index (χ0) is 19.6. The molecule has 4 heterocycles. The third-order valence-corrected chi connectivity index (χ3v) is 7.29. The summed E-state index contributed by atoms with van der Waals surface area (Å²) in [6.45, 7) is 7.04. The molecule has 0 aromatic carbocycles. The second-order valence-corrected chi connectivity index (χ2v) is 9.83. The molecular formula is C22H30N4OS. The van der Waals surface area contributed by atoms with Gasteiger partial charge in [-0.25, -0.2) is 0 Å². The van der Waals surface area contributed by atoms with Crippen LogP contribution in [-0.2, 0) is 17.9 Å². The van der Waals surface area contributed by atoms with Crippen molar-refractivity contribution in [2.24, 2.45) is 5.41 Å². The summed E-state index contributed by atoms with van der Waals surface area (Å²) >= 11 is 1.91. The maximum absolute atomic E-state index is 12.8. The van der Waals surface area contributed by atoms with Crippen LogP contribution >= 0.6 is 11.3 Å². The molecule has 2 aliphatic rings. The van der Waals surface area contributed by atoms with E-state index in [0.717, 1.165) is 38.3 Å². The first kappa shape index (κ1) is 19.6. The van der Waals surface area contributed by atoms with Gasteiger partial charge in [-0.05, 0) is 76.0 Å². The molecule has 2 aromatic rings. The Hall–Kier alpha value is -1.76. The quantitative estimate of drug-likeness (QED) is 0.841. The molecule has 1 spiro atoms. The average Bonchev–Trinajstić information content (AvgIpc) is 3.25. The molecule has 5 nitrogen and oxygen atoms in total. The van der Waals surface area contributed by atoms with Crippen molar-refractivity contribution in [3.63, 3.8) is 0 Å². The standard InChI is InChI=1S/C22H30N4OS/c1-17-6-7-19(28-17)15-26-11-8-22(9-12-26)13-20(25(2)16-22)21(27)24-14-18-5-3-4-10-23-18/h3-7,10,20H,8-9,11-16H2,1-2H3,(H,24,27). The summed E-state index contributed by atoms with van der Waals surface area (Å²) in [6.07, 6.45) is 5.12. The lowest BCUT2D eigenvalue weighted by atomic mass is 9.76. The molecule has 0 saturated carbocycles. The normalized spacial score (nSPS) is 22.6. The van der Waals surface area contributed by atoms with Crippen LogP contribution < -0.4 is 5.32 Å². The molecule has 1 unspecified atom stereocenters. The van der Waals surface area contributed by atoms with Crippen LogP contribution in [0, 0.1) is 12.3 Å². The fraction of sp³-hybridized carbons (Fsp3) is 0.545. The number of pyridine rings is 1. The SMILES string of the molecule is Cc1ccc(CN2CCC3(CC2)CC(C(=O)NCc2ccccn2)N(C)C3)s1. The number of likely N-dealkylation sites (tertiary alicyclic amines) is 2. The predicted octanol–water partition coefficient (Wildman–Crippen LogP) is 3.05. The van der Waals surface area contributed by atoms with Crippen molar-refractivity contribution < 1.29 is 4.79 Å². The highest BCUT2D eigenvalue weighted by Gasteiger charge is 2.46.